The Morgan fingerprint density at radius 2 is 2.24 bits per heavy atom. The van der Waals surface area contributed by atoms with Crippen LogP contribution in [0.5, 0.6) is 0 Å². The molecule has 1 atom stereocenters. The van der Waals surface area contributed by atoms with Crippen LogP contribution in [-0.4, -0.2) is 22.5 Å². The van der Waals surface area contributed by atoms with E-state index in [0.717, 1.165) is 17.9 Å². The molecule has 1 unspecified atom stereocenters. The number of aromatic nitrogens is 1. The third-order valence-corrected chi connectivity index (χ3v) is 3.74. The molecule has 0 saturated heterocycles. The van der Waals surface area contributed by atoms with Gasteiger partial charge in [0.25, 0.3) is 0 Å². The zero-order valence-electron chi connectivity index (χ0n) is 10.5. The second kappa shape index (κ2) is 7.09. The van der Waals surface area contributed by atoms with E-state index in [1.807, 2.05) is 17.8 Å². The lowest BCUT2D eigenvalue weighted by molar-refractivity contribution is 0.605. The summed E-state index contributed by atoms with van der Waals surface area (Å²) in [5.41, 5.74) is 6.90. The minimum atomic E-state index is 0.207. The molecule has 0 amide bonds. The predicted octanol–water partition coefficient (Wildman–Crippen LogP) is 3.11. The number of rotatable bonds is 6. The van der Waals surface area contributed by atoms with Gasteiger partial charge in [0.1, 0.15) is 5.82 Å². The third kappa shape index (κ3) is 4.74. The first kappa shape index (κ1) is 14.6. The van der Waals surface area contributed by atoms with E-state index in [2.05, 4.69) is 31.1 Å². The van der Waals surface area contributed by atoms with Crippen LogP contribution in [0.25, 0.3) is 0 Å². The smallest absolute Gasteiger partial charge is 0.128 e. The quantitative estimate of drug-likeness (QED) is 0.836. The molecule has 0 fully saturated rings. The number of pyridine rings is 1. The van der Waals surface area contributed by atoms with Crippen LogP contribution in [0, 0.1) is 0 Å². The van der Waals surface area contributed by atoms with Gasteiger partial charge in [0.15, 0.2) is 0 Å². The van der Waals surface area contributed by atoms with E-state index in [-0.39, 0.29) is 6.04 Å². The van der Waals surface area contributed by atoms with Gasteiger partial charge in [-0.3, -0.25) is 0 Å². The van der Waals surface area contributed by atoms with E-state index in [1.165, 1.54) is 0 Å². The molecule has 0 saturated carbocycles. The largest absolute Gasteiger partial charge is 0.383 e. The van der Waals surface area contributed by atoms with Gasteiger partial charge in [-0.2, -0.15) is 11.8 Å². The van der Waals surface area contributed by atoms with Crippen LogP contribution < -0.4 is 11.1 Å². The molecule has 0 aromatic carbocycles. The van der Waals surface area contributed by atoms with Crippen LogP contribution in [0.4, 0.5) is 5.82 Å². The molecule has 1 heterocycles. The van der Waals surface area contributed by atoms with E-state index in [0.29, 0.717) is 16.1 Å². The molecule has 3 nitrogen and oxygen atoms in total. The number of nitrogen functional groups attached to an aromatic ring is 1. The Hall–Kier alpha value is -0.450. The average Bonchev–Trinajstić information content (AvgIpc) is 2.27. The number of nitrogens with zero attached hydrogens (tertiary/aromatic N) is 1. The Kier molecular flexibility index (Phi) is 6.09. The fourth-order valence-electron chi connectivity index (χ4n) is 1.54. The maximum absolute atomic E-state index is 5.97. The molecule has 3 N–H and O–H groups in total. The number of anilines is 1. The molecular formula is C12H20ClN3S. The Bertz CT molecular complexity index is 358. The minimum absolute atomic E-state index is 0.207. The van der Waals surface area contributed by atoms with E-state index in [4.69, 9.17) is 17.3 Å². The van der Waals surface area contributed by atoms with Crippen LogP contribution in [0.3, 0.4) is 0 Å². The van der Waals surface area contributed by atoms with Crippen molar-refractivity contribution in [2.75, 3.05) is 18.0 Å². The second-order valence-corrected chi connectivity index (χ2v) is 6.17. The molecule has 0 bridgehead atoms. The molecule has 96 valence electrons. The molecule has 0 radical (unpaired) electrons. The van der Waals surface area contributed by atoms with Crippen molar-refractivity contribution in [3.8, 4) is 0 Å². The summed E-state index contributed by atoms with van der Waals surface area (Å²) in [6.45, 7) is 7.36. The third-order valence-electron chi connectivity index (χ3n) is 2.34. The molecular weight excluding hydrogens is 254 g/mol. The Morgan fingerprint density at radius 3 is 2.82 bits per heavy atom. The van der Waals surface area contributed by atoms with Crippen LogP contribution >= 0.6 is 23.4 Å². The lowest BCUT2D eigenvalue weighted by Crippen LogP contribution is -2.24. The van der Waals surface area contributed by atoms with Crippen molar-refractivity contribution in [2.24, 2.45) is 0 Å². The topological polar surface area (TPSA) is 50.9 Å². The number of thioether (sulfide) groups is 1. The number of hydrogen-bond acceptors (Lipinski definition) is 4. The molecule has 1 aromatic rings. The van der Waals surface area contributed by atoms with Gasteiger partial charge in [0.05, 0.1) is 5.02 Å². The predicted molar refractivity (Wildman–Crippen MR) is 77.7 cm³/mol. The summed E-state index contributed by atoms with van der Waals surface area (Å²) >= 11 is 7.87. The second-order valence-electron chi connectivity index (χ2n) is 4.12. The van der Waals surface area contributed by atoms with Crippen molar-refractivity contribution in [3.63, 3.8) is 0 Å². The molecule has 1 aromatic heterocycles. The van der Waals surface area contributed by atoms with E-state index in [9.17, 15) is 0 Å². The molecule has 0 aliphatic heterocycles. The first-order valence-corrected chi connectivity index (χ1v) is 7.23. The highest BCUT2D eigenvalue weighted by atomic mass is 35.5. The molecule has 17 heavy (non-hydrogen) atoms. The Labute approximate surface area is 113 Å². The van der Waals surface area contributed by atoms with E-state index >= 15 is 0 Å². The van der Waals surface area contributed by atoms with Crippen LogP contribution in [0.1, 0.15) is 32.4 Å². The van der Waals surface area contributed by atoms with Gasteiger partial charge in [-0.15, -0.1) is 0 Å². The SMILES string of the molecule is CCNC(CSC(C)C)c1cc(Cl)cnc1N. The zero-order valence-corrected chi connectivity index (χ0v) is 12.1. The number of halogens is 1. The fraction of sp³-hybridized carbons (Fsp3) is 0.583. The highest BCUT2D eigenvalue weighted by Gasteiger charge is 2.15. The van der Waals surface area contributed by atoms with E-state index in [1.54, 1.807) is 6.20 Å². The monoisotopic (exact) mass is 273 g/mol. The molecule has 1 rings (SSSR count). The summed E-state index contributed by atoms with van der Waals surface area (Å²) in [5, 5.41) is 4.66. The highest BCUT2D eigenvalue weighted by Crippen LogP contribution is 2.26. The average molecular weight is 274 g/mol. The van der Waals surface area contributed by atoms with Crippen molar-refractivity contribution < 1.29 is 0 Å². The first-order chi connectivity index (χ1) is 8.04. The number of nitrogens with one attached hydrogen (secondary N) is 1. The molecule has 0 aliphatic carbocycles. The van der Waals surface area contributed by atoms with Gasteiger partial charge >= 0.3 is 0 Å². The summed E-state index contributed by atoms with van der Waals surface area (Å²) in [4.78, 5) is 4.11. The minimum Gasteiger partial charge on any atom is -0.383 e. The van der Waals surface area contributed by atoms with E-state index < -0.39 is 0 Å². The standard InChI is InChI=1S/C12H20ClN3S/c1-4-15-11(7-17-8(2)3)10-5-9(13)6-16-12(10)14/h5-6,8,11,15H,4,7H2,1-3H3,(H2,14,16). The lowest BCUT2D eigenvalue weighted by atomic mass is 10.1. The Balaban J connectivity index is 2.84. The van der Waals surface area contributed by atoms with Gasteiger partial charge in [-0.05, 0) is 17.9 Å². The van der Waals surface area contributed by atoms with Gasteiger partial charge in [-0.25, -0.2) is 4.98 Å². The van der Waals surface area contributed by atoms with Crippen molar-refractivity contribution in [2.45, 2.75) is 32.1 Å². The van der Waals surface area contributed by atoms with Crippen molar-refractivity contribution in [3.05, 3.63) is 22.8 Å². The molecule has 5 heteroatoms. The van der Waals surface area contributed by atoms with Crippen LogP contribution in [0.15, 0.2) is 12.3 Å². The van der Waals surface area contributed by atoms with Gasteiger partial charge in [-0.1, -0.05) is 32.4 Å². The summed E-state index contributed by atoms with van der Waals surface area (Å²) in [6.07, 6.45) is 1.58. The maximum Gasteiger partial charge on any atom is 0.128 e. The van der Waals surface area contributed by atoms with Crippen molar-refractivity contribution >= 4 is 29.2 Å². The van der Waals surface area contributed by atoms with Gasteiger partial charge in [0, 0.05) is 23.6 Å². The lowest BCUT2D eigenvalue weighted by Gasteiger charge is -2.20. The molecule has 0 aliphatic rings. The summed E-state index contributed by atoms with van der Waals surface area (Å²) in [6, 6.07) is 2.11. The molecule has 0 spiro atoms. The highest BCUT2D eigenvalue weighted by molar-refractivity contribution is 7.99. The Morgan fingerprint density at radius 1 is 1.53 bits per heavy atom. The summed E-state index contributed by atoms with van der Waals surface area (Å²) in [7, 11) is 0. The fourth-order valence-corrected chi connectivity index (χ4v) is 2.58. The number of hydrogen-bond donors (Lipinski definition) is 2. The normalized spacial score (nSPS) is 13.0. The summed E-state index contributed by atoms with van der Waals surface area (Å²) in [5.74, 6) is 1.53. The van der Waals surface area contributed by atoms with Gasteiger partial charge < -0.3 is 11.1 Å². The maximum atomic E-state index is 5.97. The van der Waals surface area contributed by atoms with Crippen LogP contribution in [-0.2, 0) is 0 Å². The van der Waals surface area contributed by atoms with Gasteiger partial charge in [0.2, 0.25) is 0 Å². The van der Waals surface area contributed by atoms with Crippen LogP contribution in [0.2, 0.25) is 5.02 Å². The first-order valence-electron chi connectivity index (χ1n) is 5.80. The number of nitrogens with two attached hydrogens (primary N) is 1. The zero-order chi connectivity index (χ0) is 12.8. The van der Waals surface area contributed by atoms with Crippen molar-refractivity contribution in [1.29, 1.82) is 0 Å². The summed E-state index contributed by atoms with van der Waals surface area (Å²) < 4.78 is 0. The van der Waals surface area contributed by atoms with Crippen molar-refractivity contribution in [1.82, 2.24) is 10.3 Å².